The van der Waals surface area contributed by atoms with Crippen LogP contribution in [0.3, 0.4) is 0 Å². The summed E-state index contributed by atoms with van der Waals surface area (Å²) in [6.07, 6.45) is 0.741. The molecule has 0 aliphatic rings. The highest BCUT2D eigenvalue weighted by molar-refractivity contribution is 7.99. The molecular formula is C24H24ClN3O4S. The number of anilines is 1. The number of aromatic nitrogens is 2. The molecule has 4 aromatic rings. The Balaban J connectivity index is 1.61. The van der Waals surface area contributed by atoms with Gasteiger partial charge in [0.1, 0.15) is 11.1 Å². The van der Waals surface area contributed by atoms with Crippen molar-refractivity contribution in [3.8, 4) is 0 Å². The molecule has 0 saturated heterocycles. The summed E-state index contributed by atoms with van der Waals surface area (Å²) in [6, 6.07) is 14.4. The zero-order valence-electron chi connectivity index (χ0n) is 18.3. The molecule has 2 heterocycles. The van der Waals surface area contributed by atoms with E-state index in [2.05, 4.69) is 5.32 Å². The van der Waals surface area contributed by atoms with Crippen LogP contribution in [0.2, 0.25) is 5.02 Å². The van der Waals surface area contributed by atoms with Crippen molar-refractivity contribution in [2.45, 2.75) is 38.1 Å². The maximum Gasteiger partial charge on any atom is 0.297 e. The highest BCUT2D eigenvalue weighted by Crippen LogP contribution is 2.28. The molecule has 0 saturated carbocycles. The third kappa shape index (κ3) is 5.40. The zero-order chi connectivity index (χ0) is 23.4. The average molecular weight is 486 g/mol. The van der Waals surface area contributed by atoms with Gasteiger partial charge in [-0.2, -0.15) is 0 Å². The lowest BCUT2D eigenvalue weighted by atomic mass is 10.2. The minimum absolute atomic E-state index is 0.0709. The third-order valence-electron chi connectivity index (χ3n) is 4.90. The van der Waals surface area contributed by atoms with E-state index in [4.69, 9.17) is 25.7 Å². The number of carbonyl (C=O) groups excluding carboxylic acids is 1. The number of halogens is 1. The van der Waals surface area contributed by atoms with Gasteiger partial charge >= 0.3 is 0 Å². The fraction of sp³-hybridized carbons (Fsp3) is 0.292. The highest BCUT2D eigenvalue weighted by atomic mass is 35.5. The van der Waals surface area contributed by atoms with Crippen LogP contribution in [0, 0.1) is 0 Å². The van der Waals surface area contributed by atoms with Gasteiger partial charge in [-0.3, -0.25) is 14.2 Å². The molecule has 0 aliphatic heterocycles. The first-order chi connectivity index (χ1) is 15.9. The van der Waals surface area contributed by atoms with E-state index >= 15 is 0 Å². The lowest BCUT2D eigenvalue weighted by Crippen LogP contribution is -2.24. The van der Waals surface area contributed by atoms with Crippen LogP contribution in [0.25, 0.3) is 22.1 Å². The number of hydrogen-bond donors (Lipinski definition) is 1. The number of amides is 1. The fourth-order valence-electron chi connectivity index (χ4n) is 3.38. The Morgan fingerprint density at radius 2 is 1.97 bits per heavy atom. The van der Waals surface area contributed by atoms with E-state index in [1.165, 1.54) is 11.8 Å². The van der Waals surface area contributed by atoms with E-state index in [0.717, 1.165) is 5.39 Å². The first kappa shape index (κ1) is 23.4. The van der Waals surface area contributed by atoms with Crippen LogP contribution in [0.1, 0.15) is 20.3 Å². The predicted octanol–water partition coefficient (Wildman–Crippen LogP) is 5.34. The minimum Gasteiger partial charge on any atom is -0.448 e. The van der Waals surface area contributed by atoms with Crippen molar-refractivity contribution in [3.05, 3.63) is 63.9 Å². The lowest BCUT2D eigenvalue weighted by molar-refractivity contribution is -0.113. The van der Waals surface area contributed by atoms with Crippen LogP contribution >= 0.6 is 23.4 Å². The molecule has 0 atom stereocenters. The van der Waals surface area contributed by atoms with Gasteiger partial charge in [-0.25, -0.2) is 4.98 Å². The molecule has 0 unspecified atom stereocenters. The molecule has 7 nitrogen and oxygen atoms in total. The van der Waals surface area contributed by atoms with Gasteiger partial charge in [0.15, 0.2) is 5.16 Å². The monoisotopic (exact) mass is 485 g/mol. The van der Waals surface area contributed by atoms with Gasteiger partial charge < -0.3 is 14.5 Å². The normalized spacial score (nSPS) is 11.5. The second-order valence-corrected chi connectivity index (χ2v) is 9.07. The van der Waals surface area contributed by atoms with Crippen molar-refractivity contribution >= 4 is 57.0 Å². The number of para-hydroxylation sites is 2. The zero-order valence-corrected chi connectivity index (χ0v) is 19.9. The molecule has 0 aliphatic carbocycles. The number of thioether (sulfide) groups is 1. The highest BCUT2D eigenvalue weighted by Gasteiger charge is 2.18. The van der Waals surface area contributed by atoms with Crippen LogP contribution in [0.5, 0.6) is 0 Å². The number of carbonyl (C=O) groups is 1. The number of fused-ring (bicyclic) bond motifs is 3. The molecule has 1 amide bonds. The molecule has 33 heavy (non-hydrogen) atoms. The summed E-state index contributed by atoms with van der Waals surface area (Å²) in [5.74, 6) is -0.171. The minimum atomic E-state index is -0.269. The molecule has 0 radical (unpaired) electrons. The number of nitrogens with zero attached hydrogens (tertiary/aromatic N) is 2. The first-order valence-electron chi connectivity index (χ1n) is 10.6. The van der Waals surface area contributed by atoms with Crippen LogP contribution in [-0.2, 0) is 16.1 Å². The molecule has 2 aromatic carbocycles. The van der Waals surface area contributed by atoms with Gasteiger partial charge in [0.05, 0.1) is 22.6 Å². The van der Waals surface area contributed by atoms with E-state index in [1.54, 1.807) is 34.9 Å². The molecule has 4 rings (SSSR count). The van der Waals surface area contributed by atoms with Crippen LogP contribution in [0.15, 0.2) is 62.9 Å². The second-order valence-electron chi connectivity index (χ2n) is 7.72. The van der Waals surface area contributed by atoms with E-state index in [-0.39, 0.29) is 28.9 Å². The number of benzene rings is 2. The van der Waals surface area contributed by atoms with Crippen molar-refractivity contribution in [3.63, 3.8) is 0 Å². The third-order valence-corrected chi connectivity index (χ3v) is 6.21. The average Bonchev–Trinajstić information content (AvgIpc) is 3.17. The Morgan fingerprint density at radius 1 is 1.21 bits per heavy atom. The van der Waals surface area contributed by atoms with E-state index in [1.807, 2.05) is 32.0 Å². The van der Waals surface area contributed by atoms with Crippen molar-refractivity contribution in [2.75, 3.05) is 17.7 Å². The first-order valence-corrected chi connectivity index (χ1v) is 12.0. The van der Waals surface area contributed by atoms with Gasteiger partial charge in [-0.15, -0.1) is 0 Å². The predicted molar refractivity (Wildman–Crippen MR) is 132 cm³/mol. The summed E-state index contributed by atoms with van der Waals surface area (Å²) in [7, 11) is 0. The summed E-state index contributed by atoms with van der Waals surface area (Å²) in [5, 5.41) is 4.48. The molecule has 9 heteroatoms. The maximum atomic E-state index is 13.3. The Kier molecular flexibility index (Phi) is 7.37. The van der Waals surface area contributed by atoms with Crippen molar-refractivity contribution in [1.82, 2.24) is 9.55 Å². The lowest BCUT2D eigenvalue weighted by Gasteiger charge is -2.13. The molecule has 2 aromatic heterocycles. The number of furan rings is 1. The number of ether oxygens (including phenoxy) is 1. The summed E-state index contributed by atoms with van der Waals surface area (Å²) in [4.78, 5) is 30.6. The van der Waals surface area contributed by atoms with Crippen LogP contribution < -0.4 is 10.9 Å². The summed E-state index contributed by atoms with van der Waals surface area (Å²) >= 11 is 7.33. The van der Waals surface area contributed by atoms with Crippen LogP contribution in [-0.4, -0.2) is 33.9 Å². The Hall–Kier alpha value is -2.81. The molecule has 1 N–H and O–H groups in total. The summed E-state index contributed by atoms with van der Waals surface area (Å²) in [5.41, 5.74) is 1.59. The van der Waals surface area contributed by atoms with Gasteiger partial charge in [0.2, 0.25) is 11.5 Å². The van der Waals surface area contributed by atoms with Crippen molar-refractivity contribution in [1.29, 1.82) is 0 Å². The van der Waals surface area contributed by atoms with Crippen molar-refractivity contribution in [2.24, 2.45) is 0 Å². The Labute approximate surface area is 200 Å². The largest absolute Gasteiger partial charge is 0.448 e. The van der Waals surface area contributed by atoms with Gasteiger partial charge in [0.25, 0.3) is 5.56 Å². The molecule has 0 spiro atoms. The molecule has 172 valence electrons. The van der Waals surface area contributed by atoms with Gasteiger partial charge in [0, 0.05) is 18.5 Å². The smallest absolute Gasteiger partial charge is 0.297 e. The molecule has 0 bridgehead atoms. The number of rotatable bonds is 9. The maximum absolute atomic E-state index is 13.3. The van der Waals surface area contributed by atoms with Crippen LogP contribution in [0.4, 0.5) is 5.69 Å². The summed E-state index contributed by atoms with van der Waals surface area (Å²) < 4.78 is 13.0. The topological polar surface area (TPSA) is 86.4 Å². The number of hydrogen-bond acceptors (Lipinski definition) is 6. The summed E-state index contributed by atoms with van der Waals surface area (Å²) in [6.45, 7) is 4.85. The number of nitrogens with one attached hydrogen (secondary N) is 1. The van der Waals surface area contributed by atoms with Crippen molar-refractivity contribution < 1.29 is 13.9 Å². The standard InChI is InChI=1S/C24H24ClN3O4S/c1-15(2)31-13-7-12-28-23(30)22-21(16-8-3-6-11-19(16)32-22)27-24(28)33-14-20(29)26-18-10-5-4-9-17(18)25/h3-6,8-11,15H,7,12-14H2,1-2H3,(H,26,29). The quantitative estimate of drug-likeness (QED) is 0.195. The Bertz CT molecular complexity index is 1350. The van der Waals surface area contributed by atoms with E-state index in [0.29, 0.717) is 46.5 Å². The van der Waals surface area contributed by atoms with Gasteiger partial charge in [-0.1, -0.05) is 47.6 Å². The second kappa shape index (κ2) is 10.4. The van der Waals surface area contributed by atoms with E-state index in [9.17, 15) is 9.59 Å². The Morgan fingerprint density at radius 3 is 2.76 bits per heavy atom. The SMILES string of the molecule is CC(C)OCCCn1c(SCC(=O)Nc2ccccc2Cl)nc2c(oc3ccccc32)c1=O. The molecular weight excluding hydrogens is 462 g/mol. The fourth-order valence-corrected chi connectivity index (χ4v) is 4.38. The van der Waals surface area contributed by atoms with Gasteiger partial charge in [-0.05, 0) is 44.5 Å². The van der Waals surface area contributed by atoms with E-state index < -0.39 is 0 Å². The molecule has 0 fully saturated rings.